The van der Waals surface area contributed by atoms with E-state index in [0.717, 1.165) is 24.8 Å². The molecule has 3 rings (SSSR count). The average Bonchev–Trinajstić information content (AvgIpc) is 3.05. The molecule has 1 saturated heterocycles. The fourth-order valence-electron chi connectivity index (χ4n) is 2.66. The van der Waals surface area contributed by atoms with Crippen molar-refractivity contribution < 1.29 is 4.57 Å². The van der Waals surface area contributed by atoms with Crippen molar-refractivity contribution in [2.75, 3.05) is 6.54 Å². The Labute approximate surface area is 119 Å². The van der Waals surface area contributed by atoms with Crippen LogP contribution in [0.1, 0.15) is 18.4 Å². The van der Waals surface area contributed by atoms with Crippen LogP contribution in [0.25, 0.3) is 0 Å². The van der Waals surface area contributed by atoms with E-state index in [0.29, 0.717) is 6.04 Å². The van der Waals surface area contributed by atoms with Crippen LogP contribution in [0.2, 0.25) is 0 Å². The van der Waals surface area contributed by atoms with Gasteiger partial charge < -0.3 is 5.32 Å². The molecule has 0 bridgehead atoms. The molecule has 1 aromatic heterocycles. The third-order valence-electron chi connectivity index (χ3n) is 3.72. The van der Waals surface area contributed by atoms with Crippen molar-refractivity contribution in [2.45, 2.75) is 37.1 Å². The molecule has 3 nitrogen and oxygen atoms in total. The van der Waals surface area contributed by atoms with Crippen LogP contribution in [0.5, 0.6) is 0 Å². The van der Waals surface area contributed by atoms with E-state index >= 15 is 0 Å². The molecular formula is C15H20N3S+. The molecule has 1 fully saturated rings. The van der Waals surface area contributed by atoms with Gasteiger partial charge in [-0.05, 0) is 24.9 Å². The lowest BCUT2D eigenvalue weighted by atomic mass is 10.2. The van der Waals surface area contributed by atoms with Crippen LogP contribution in [0.4, 0.5) is 0 Å². The van der Waals surface area contributed by atoms with Gasteiger partial charge in [0.2, 0.25) is 0 Å². The van der Waals surface area contributed by atoms with E-state index in [1.165, 1.54) is 18.4 Å². The van der Waals surface area contributed by atoms with E-state index in [9.17, 15) is 0 Å². The highest BCUT2D eigenvalue weighted by atomic mass is 32.1. The van der Waals surface area contributed by atoms with E-state index in [1.807, 2.05) is 6.07 Å². The van der Waals surface area contributed by atoms with Crippen LogP contribution in [-0.2, 0) is 13.1 Å². The van der Waals surface area contributed by atoms with Gasteiger partial charge in [-0.2, -0.15) is 0 Å². The summed E-state index contributed by atoms with van der Waals surface area (Å²) in [7, 11) is 0. The lowest BCUT2D eigenvalue weighted by Crippen LogP contribution is -2.35. The quantitative estimate of drug-likeness (QED) is 0.644. The Morgan fingerprint density at radius 3 is 2.89 bits per heavy atom. The molecule has 0 unspecified atom stereocenters. The molecule has 2 aromatic rings. The van der Waals surface area contributed by atoms with Gasteiger partial charge in [0.15, 0.2) is 0 Å². The van der Waals surface area contributed by atoms with Crippen molar-refractivity contribution in [1.29, 1.82) is 0 Å². The number of hydrogen-bond donors (Lipinski definition) is 2. The van der Waals surface area contributed by atoms with Crippen molar-refractivity contribution >= 4 is 12.6 Å². The highest BCUT2D eigenvalue weighted by Crippen LogP contribution is 2.10. The maximum absolute atomic E-state index is 4.66. The number of nitrogens with one attached hydrogen (secondary N) is 1. The highest BCUT2D eigenvalue weighted by Gasteiger charge is 2.20. The first-order chi connectivity index (χ1) is 9.33. The standard InChI is InChI=1S/C15H19N3S/c19-15-17(11-13-5-2-1-3-6-13)9-10-18(15)12-14-7-4-8-16-14/h1-3,5-6,9-10,14,16H,4,7-8,11-12H2/p+1/t14-/m0/s1. The Bertz CT molecular complexity index is 530. The fourth-order valence-corrected chi connectivity index (χ4v) is 2.94. The molecule has 1 aliphatic rings. The summed E-state index contributed by atoms with van der Waals surface area (Å²) >= 11 is 4.66. The monoisotopic (exact) mass is 274 g/mol. The molecular weight excluding hydrogens is 254 g/mol. The van der Waals surface area contributed by atoms with E-state index in [1.54, 1.807) is 0 Å². The SMILES string of the molecule is Sc1n(C[C@@H]2CCCN2)cc[n+]1Cc1ccccc1. The summed E-state index contributed by atoms with van der Waals surface area (Å²) in [6, 6.07) is 11.1. The first-order valence-corrected chi connectivity index (χ1v) is 7.32. The summed E-state index contributed by atoms with van der Waals surface area (Å²) in [4.78, 5) is 0. The number of rotatable bonds is 4. The average molecular weight is 274 g/mol. The molecule has 1 aliphatic heterocycles. The summed E-state index contributed by atoms with van der Waals surface area (Å²) in [6.07, 6.45) is 6.80. The van der Waals surface area contributed by atoms with Crippen LogP contribution < -0.4 is 9.88 Å². The van der Waals surface area contributed by atoms with Crippen molar-refractivity contribution in [3.63, 3.8) is 0 Å². The molecule has 1 aromatic carbocycles. The zero-order valence-corrected chi connectivity index (χ0v) is 11.9. The Morgan fingerprint density at radius 1 is 1.32 bits per heavy atom. The zero-order chi connectivity index (χ0) is 13.1. The van der Waals surface area contributed by atoms with E-state index in [-0.39, 0.29) is 0 Å². The Hall–Kier alpha value is -1.26. The summed E-state index contributed by atoms with van der Waals surface area (Å²) in [5.41, 5.74) is 1.31. The lowest BCUT2D eigenvalue weighted by molar-refractivity contribution is -0.725. The fraction of sp³-hybridized carbons (Fsp3) is 0.400. The molecule has 2 heterocycles. The first-order valence-electron chi connectivity index (χ1n) is 6.88. The van der Waals surface area contributed by atoms with Gasteiger partial charge in [-0.1, -0.05) is 43.0 Å². The van der Waals surface area contributed by atoms with Gasteiger partial charge in [0.25, 0.3) is 0 Å². The minimum Gasteiger partial charge on any atom is -0.310 e. The topological polar surface area (TPSA) is 20.8 Å². The van der Waals surface area contributed by atoms with Crippen molar-refractivity contribution in [3.05, 3.63) is 48.3 Å². The summed E-state index contributed by atoms with van der Waals surface area (Å²) < 4.78 is 4.42. The molecule has 1 atom stereocenters. The van der Waals surface area contributed by atoms with Crippen molar-refractivity contribution in [2.24, 2.45) is 0 Å². The second-order valence-electron chi connectivity index (χ2n) is 5.16. The van der Waals surface area contributed by atoms with Crippen LogP contribution in [0.15, 0.2) is 47.9 Å². The highest BCUT2D eigenvalue weighted by molar-refractivity contribution is 7.80. The van der Waals surface area contributed by atoms with Crippen LogP contribution >= 0.6 is 12.6 Å². The van der Waals surface area contributed by atoms with Gasteiger partial charge in [0.05, 0.1) is 0 Å². The predicted molar refractivity (Wildman–Crippen MR) is 78.4 cm³/mol. The maximum atomic E-state index is 4.66. The molecule has 0 aliphatic carbocycles. The zero-order valence-electron chi connectivity index (χ0n) is 11.0. The smallest absolute Gasteiger partial charge is 0.310 e. The first kappa shape index (κ1) is 12.8. The number of thiol groups is 1. The molecule has 4 heteroatoms. The Kier molecular flexibility index (Phi) is 3.89. The van der Waals surface area contributed by atoms with E-state index in [2.05, 4.69) is 63.7 Å². The molecule has 100 valence electrons. The van der Waals surface area contributed by atoms with E-state index < -0.39 is 0 Å². The number of hydrogen-bond acceptors (Lipinski definition) is 2. The number of benzene rings is 1. The summed E-state index contributed by atoms with van der Waals surface area (Å²) in [6.45, 7) is 3.04. The van der Waals surface area contributed by atoms with Crippen LogP contribution in [0, 0.1) is 0 Å². The third kappa shape index (κ3) is 3.01. The van der Waals surface area contributed by atoms with Crippen LogP contribution in [-0.4, -0.2) is 17.2 Å². The molecule has 0 saturated carbocycles. The molecule has 0 amide bonds. The van der Waals surface area contributed by atoms with Gasteiger partial charge in [-0.3, -0.25) is 0 Å². The van der Waals surface area contributed by atoms with Gasteiger partial charge in [0, 0.05) is 6.04 Å². The van der Waals surface area contributed by atoms with Gasteiger partial charge in [-0.15, -0.1) is 0 Å². The second kappa shape index (κ2) is 5.80. The van der Waals surface area contributed by atoms with Crippen LogP contribution in [0.3, 0.4) is 0 Å². The molecule has 19 heavy (non-hydrogen) atoms. The molecule has 0 spiro atoms. The van der Waals surface area contributed by atoms with Gasteiger partial charge in [0.1, 0.15) is 25.5 Å². The van der Waals surface area contributed by atoms with Gasteiger partial charge >= 0.3 is 5.16 Å². The summed E-state index contributed by atoms with van der Waals surface area (Å²) in [5, 5.41) is 4.55. The molecule has 1 N–H and O–H groups in total. The number of imidazole rings is 1. The minimum atomic E-state index is 0.600. The van der Waals surface area contributed by atoms with Crippen molar-refractivity contribution in [1.82, 2.24) is 9.88 Å². The number of aromatic nitrogens is 2. The van der Waals surface area contributed by atoms with E-state index in [4.69, 9.17) is 0 Å². The third-order valence-corrected chi connectivity index (χ3v) is 4.23. The molecule has 0 radical (unpaired) electrons. The minimum absolute atomic E-state index is 0.600. The van der Waals surface area contributed by atoms with Gasteiger partial charge in [-0.25, -0.2) is 9.13 Å². The van der Waals surface area contributed by atoms with Crippen molar-refractivity contribution in [3.8, 4) is 0 Å². The normalized spacial score (nSPS) is 18.9. The Morgan fingerprint density at radius 2 is 2.16 bits per heavy atom. The predicted octanol–water partition coefficient (Wildman–Crippen LogP) is 1.86. The number of nitrogens with zero attached hydrogens (tertiary/aromatic N) is 2. The Balaban J connectivity index is 1.71. The second-order valence-corrected chi connectivity index (χ2v) is 5.56. The summed E-state index contributed by atoms with van der Waals surface area (Å²) in [5.74, 6) is 0. The largest absolute Gasteiger partial charge is 0.315 e. The maximum Gasteiger partial charge on any atom is 0.315 e. The lowest BCUT2D eigenvalue weighted by Gasteiger charge is -2.07.